The van der Waals surface area contributed by atoms with E-state index in [-0.39, 0.29) is 24.1 Å². The highest BCUT2D eigenvalue weighted by atomic mass is 16.1. The molecule has 8 heteroatoms. The smallest absolute Gasteiger partial charge is 0.253 e. The second-order valence-electron chi connectivity index (χ2n) is 8.43. The summed E-state index contributed by atoms with van der Waals surface area (Å²) in [4.78, 5) is 37.6. The molecule has 2 N–H and O–H groups in total. The van der Waals surface area contributed by atoms with Gasteiger partial charge in [-0.2, -0.15) is 5.10 Å². The standard InChI is InChI=1S/C25H28N6O2/c1-5-6-18-11-16(4)20(25(33)29-18)13-27-24(32)19-12-22(17-7-9-26-10-8-17)30-23-21(19)14-28-31(23)15(2)3/h7-12,14-15H,5-6,13H2,1-4H3,(H,27,32)(H,29,33). The zero-order chi connectivity index (χ0) is 23.5. The van der Waals surface area contributed by atoms with E-state index in [2.05, 4.69) is 27.3 Å². The Hall–Kier alpha value is -3.81. The number of amides is 1. The lowest BCUT2D eigenvalue weighted by atomic mass is 10.1. The molecule has 8 nitrogen and oxygen atoms in total. The Morgan fingerprint density at radius 2 is 1.97 bits per heavy atom. The van der Waals surface area contributed by atoms with Gasteiger partial charge in [-0.05, 0) is 57.0 Å². The molecule has 33 heavy (non-hydrogen) atoms. The number of nitrogens with one attached hydrogen (secondary N) is 2. The fraction of sp³-hybridized carbons (Fsp3) is 0.320. The average Bonchev–Trinajstić information content (AvgIpc) is 3.23. The molecule has 0 aliphatic carbocycles. The number of hydrogen-bond donors (Lipinski definition) is 2. The molecule has 0 aliphatic heterocycles. The summed E-state index contributed by atoms with van der Waals surface area (Å²) in [6, 6.07) is 7.53. The van der Waals surface area contributed by atoms with Crippen LogP contribution >= 0.6 is 0 Å². The van der Waals surface area contributed by atoms with Gasteiger partial charge in [-0.15, -0.1) is 0 Å². The summed E-state index contributed by atoms with van der Waals surface area (Å²) in [7, 11) is 0. The van der Waals surface area contributed by atoms with E-state index in [1.807, 2.05) is 39.0 Å². The maximum Gasteiger partial charge on any atom is 0.253 e. The van der Waals surface area contributed by atoms with E-state index in [4.69, 9.17) is 4.98 Å². The number of rotatable bonds is 7. The minimum atomic E-state index is -0.280. The highest BCUT2D eigenvalue weighted by molar-refractivity contribution is 6.06. The Morgan fingerprint density at radius 1 is 1.21 bits per heavy atom. The predicted molar refractivity (Wildman–Crippen MR) is 128 cm³/mol. The second-order valence-corrected chi connectivity index (χ2v) is 8.43. The van der Waals surface area contributed by atoms with Crippen LogP contribution in [0, 0.1) is 6.92 Å². The molecule has 0 saturated heterocycles. The van der Waals surface area contributed by atoms with Crippen molar-refractivity contribution in [3.8, 4) is 11.3 Å². The summed E-state index contributed by atoms with van der Waals surface area (Å²) in [5, 5.41) is 8.04. The van der Waals surface area contributed by atoms with Crippen molar-refractivity contribution in [1.29, 1.82) is 0 Å². The zero-order valence-corrected chi connectivity index (χ0v) is 19.3. The van der Waals surface area contributed by atoms with Crippen molar-refractivity contribution in [1.82, 2.24) is 30.0 Å². The van der Waals surface area contributed by atoms with Crippen LogP contribution in [0.4, 0.5) is 0 Å². The summed E-state index contributed by atoms with van der Waals surface area (Å²) >= 11 is 0. The molecule has 0 atom stereocenters. The Morgan fingerprint density at radius 3 is 2.64 bits per heavy atom. The Kier molecular flexibility index (Phi) is 6.35. The molecule has 0 aromatic carbocycles. The first-order valence-corrected chi connectivity index (χ1v) is 11.2. The topological polar surface area (TPSA) is 106 Å². The number of nitrogens with zero attached hydrogens (tertiary/aromatic N) is 4. The van der Waals surface area contributed by atoms with Gasteiger partial charge in [0.2, 0.25) is 0 Å². The summed E-state index contributed by atoms with van der Waals surface area (Å²) in [6.45, 7) is 8.14. The number of aryl methyl sites for hydroxylation is 2. The minimum Gasteiger partial charge on any atom is -0.348 e. The average molecular weight is 445 g/mol. The van der Waals surface area contributed by atoms with Crippen LogP contribution in [0.15, 0.2) is 47.7 Å². The quantitative estimate of drug-likeness (QED) is 0.449. The summed E-state index contributed by atoms with van der Waals surface area (Å²) in [5.74, 6) is -0.280. The lowest BCUT2D eigenvalue weighted by molar-refractivity contribution is 0.0952. The molecule has 0 bridgehead atoms. The van der Waals surface area contributed by atoms with Gasteiger partial charge in [0.25, 0.3) is 11.5 Å². The monoisotopic (exact) mass is 444 g/mol. The number of carbonyl (C=O) groups excluding carboxylic acids is 1. The summed E-state index contributed by atoms with van der Waals surface area (Å²) < 4.78 is 1.80. The van der Waals surface area contributed by atoms with Gasteiger partial charge in [0.1, 0.15) is 0 Å². The van der Waals surface area contributed by atoms with Crippen LogP contribution in [0.3, 0.4) is 0 Å². The number of hydrogen-bond acceptors (Lipinski definition) is 5. The number of carbonyl (C=O) groups is 1. The molecule has 4 aromatic rings. The zero-order valence-electron chi connectivity index (χ0n) is 19.3. The van der Waals surface area contributed by atoms with E-state index in [0.717, 1.165) is 29.7 Å². The second kappa shape index (κ2) is 9.36. The van der Waals surface area contributed by atoms with Crippen LogP contribution in [0.1, 0.15) is 60.4 Å². The lowest BCUT2D eigenvalue weighted by Gasteiger charge is -2.12. The van der Waals surface area contributed by atoms with E-state index in [1.165, 1.54) is 0 Å². The maximum atomic E-state index is 13.3. The molecule has 0 fully saturated rings. The molecule has 0 saturated carbocycles. The van der Waals surface area contributed by atoms with Crippen LogP contribution < -0.4 is 10.9 Å². The molecule has 4 rings (SSSR count). The molecular formula is C25H28N6O2. The Balaban J connectivity index is 1.70. The first-order chi connectivity index (χ1) is 15.9. The van der Waals surface area contributed by atoms with Gasteiger partial charge in [0.15, 0.2) is 5.65 Å². The SMILES string of the molecule is CCCc1cc(C)c(CNC(=O)c2cc(-c3ccncc3)nc3c2cnn3C(C)C)c(=O)[nH]1. The highest BCUT2D eigenvalue weighted by Crippen LogP contribution is 2.26. The Labute approximate surface area is 192 Å². The van der Waals surface area contributed by atoms with Gasteiger partial charge >= 0.3 is 0 Å². The first kappa shape index (κ1) is 22.4. The summed E-state index contributed by atoms with van der Waals surface area (Å²) in [5.41, 5.74) is 4.80. The molecule has 170 valence electrons. The molecule has 0 spiro atoms. The number of fused-ring (bicyclic) bond motifs is 1. The van der Waals surface area contributed by atoms with Gasteiger partial charge in [-0.25, -0.2) is 9.67 Å². The fourth-order valence-corrected chi connectivity index (χ4v) is 3.93. The van der Waals surface area contributed by atoms with Gasteiger partial charge in [-0.1, -0.05) is 13.3 Å². The number of aromatic nitrogens is 5. The number of pyridine rings is 3. The van der Waals surface area contributed by atoms with Gasteiger partial charge < -0.3 is 10.3 Å². The van der Waals surface area contributed by atoms with E-state index in [9.17, 15) is 9.59 Å². The van der Waals surface area contributed by atoms with Crippen molar-refractivity contribution in [2.75, 3.05) is 0 Å². The Bertz CT molecular complexity index is 1350. The van der Waals surface area contributed by atoms with E-state index in [1.54, 1.807) is 29.3 Å². The van der Waals surface area contributed by atoms with Crippen LogP contribution in [0.5, 0.6) is 0 Å². The van der Waals surface area contributed by atoms with Crippen molar-refractivity contribution in [3.63, 3.8) is 0 Å². The third kappa shape index (κ3) is 4.55. The fourth-order valence-electron chi connectivity index (χ4n) is 3.93. The third-order valence-corrected chi connectivity index (χ3v) is 5.64. The molecule has 0 unspecified atom stereocenters. The van der Waals surface area contributed by atoms with Crippen LogP contribution in [0.25, 0.3) is 22.3 Å². The third-order valence-electron chi connectivity index (χ3n) is 5.64. The van der Waals surface area contributed by atoms with E-state index in [0.29, 0.717) is 27.9 Å². The number of H-pyrrole nitrogens is 1. The molecular weight excluding hydrogens is 416 g/mol. The van der Waals surface area contributed by atoms with Crippen molar-refractivity contribution in [2.45, 2.75) is 53.1 Å². The van der Waals surface area contributed by atoms with E-state index < -0.39 is 0 Å². The molecule has 0 aliphatic rings. The van der Waals surface area contributed by atoms with Gasteiger partial charge in [-0.3, -0.25) is 14.6 Å². The predicted octanol–water partition coefficient (Wildman–Crippen LogP) is 3.95. The van der Waals surface area contributed by atoms with E-state index >= 15 is 0 Å². The highest BCUT2D eigenvalue weighted by Gasteiger charge is 2.19. The molecule has 0 radical (unpaired) electrons. The summed E-state index contributed by atoms with van der Waals surface area (Å²) in [6.07, 6.45) is 6.82. The number of aromatic amines is 1. The lowest BCUT2D eigenvalue weighted by Crippen LogP contribution is -2.28. The normalized spacial score (nSPS) is 11.3. The maximum absolute atomic E-state index is 13.3. The van der Waals surface area contributed by atoms with Crippen molar-refractivity contribution >= 4 is 16.9 Å². The van der Waals surface area contributed by atoms with Gasteiger partial charge in [0, 0.05) is 41.8 Å². The van der Waals surface area contributed by atoms with Crippen LogP contribution in [-0.4, -0.2) is 30.6 Å². The van der Waals surface area contributed by atoms with Crippen molar-refractivity contribution in [3.05, 3.63) is 75.6 Å². The van der Waals surface area contributed by atoms with Crippen molar-refractivity contribution < 1.29 is 4.79 Å². The molecule has 1 amide bonds. The molecule has 4 aromatic heterocycles. The molecule has 4 heterocycles. The van der Waals surface area contributed by atoms with Crippen LogP contribution in [0.2, 0.25) is 0 Å². The minimum absolute atomic E-state index is 0.0847. The largest absolute Gasteiger partial charge is 0.348 e. The van der Waals surface area contributed by atoms with Crippen LogP contribution in [-0.2, 0) is 13.0 Å². The first-order valence-electron chi connectivity index (χ1n) is 11.2. The van der Waals surface area contributed by atoms with Gasteiger partial charge in [0.05, 0.1) is 22.8 Å². The van der Waals surface area contributed by atoms with Crippen molar-refractivity contribution in [2.24, 2.45) is 0 Å².